The Labute approximate surface area is 79.9 Å². The van der Waals surface area contributed by atoms with Gasteiger partial charge in [0, 0.05) is 0 Å². The maximum atomic E-state index is 10.2. The molecule has 0 aliphatic heterocycles. The van der Waals surface area contributed by atoms with Crippen molar-refractivity contribution in [1.82, 2.24) is 0 Å². The van der Waals surface area contributed by atoms with Crippen LogP contribution in [-0.2, 0) is 4.79 Å². The van der Waals surface area contributed by atoms with Gasteiger partial charge in [-0.2, -0.15) is 0 Å². The summed E-state index contributed by atoms with van der Waals surface area (Å²) in [5.74, 6) is -1.73. The van der Waals surface area contributed by atoms with E-state index in [0.29, 0.717) is 0 Å². The van der Waals surface area contributed by atoms with Crippen LogP contribution in [0.5, 0.6) is 0 Å². The van der Waals surface area contributed by atoms with E-state index in [2.05, 4.69) is 0 Å². The molecule has 6 N–H and O–H groups in total. The van der Waals surface area contributed by atoms with Crippen molar-refractivity contribution in [3.8, 4) is 0 Å². The summed E-state index contributed by atoms with van der Waals surface area (Å²) in [5.41, 5.74) is 0. The summed E-state index contributed by atoms with van der Waals surface area (Å²) in [6, 6.07) is 0. The van der Waals surface area contributed by atoms with Crippen molar-refractivity contribution in [2.45, 2.75) is 37.4 Å². The molecule has 0 saturated heterocycles. The molecular formula is C7H14O7. The third-order valence-corrected chi connectivity index (χ3v) is 1.77. The summed E-state index contributed by atoms with van der Waals surface area (Å²) in [6.45, 7) is 1.15. The van der Waals surface area contributed by atoms with Crippen LogP contribution in [0.3, 0.4) is 0 Å². The lowest BCUT2D eigenvalue weighted by molar-refractivity contribution is -0.167. The van der Waals surface area contributed by atoms with Crippen molar-refractivity contribution in [2.75, 3.05) is 0 Å². The number of aliphatic carboxylic acids is 1. The Morgan fingerprint density at radius 2 is 1.36 bits per heavy atom. The minimum atomic E-state index is -2.21. The molecule has 7 heteroatoms. The fraction of sp³-hybridized carbons (Fsp3) is 0.857. The molecule has 0 fully saturated rings. The SMILES string of the molecule is C[C@H](O)[C@@H](O)[C@@H](O)[C@H](O)[C@@H](O)C(=O)O. The number of rotatable bonds is 5. The van der Waals surface area contributed by atoms with Crippen LogP contribution in [0.1, 0.15) is 6.92 Å². The van der Waals surface area contributed by atoms with Crippen molar-refractivity contribution in [3.63, 3.8) is 0 Å². The molecule has 0 aromatic heterocycles. The van der Waals surface area contributed by atoms with Crippen LogP contribution in [0, 0.1) is 0 Å². The van der Waals surface area contributed by atoms with E-state index >= 15 is 0 Å². The highest BCUT2D eigenvalue weighted by Gasteiger charge is 2.35. The maximum absolute atomic E-state index is 10.2. The highest BCUT2D eigenvalue weighted by atomic mass is 16.4. The Balaban J connectivity index is 4.37. The largest absolute Gasteiger partial charge is 0.479 e. The molecule has 14 heavy (non-hydrogen) atoms. The highest BCUT2D eigenvalue weighted by molar-refractivity contribution is 5.72. The summed E-state index contributed by atoms with van der Waals surface area (Å²) < 4.78 is 0. The Hall–Kier alpha value is -0.730. The first kappa shape index (κ1) is 13.3. The average Bonchev–Trinajstić information content (AvgIpc) is 2.12. The second kappa shape index (κ2) is 5.23. The Bertz CT molecular complexity index is 192. The molecule has 84 valence electrons. The molecule has 7 nitrogen and oxygen atoms in total. The zero-order valence-corrected chi connectivity index (χ0v) is 7.48. The third kappa shape index (κ3) is 3.20. The summed E-state index contributed by atoms with van der Waals surface area (Å²) in [5, 5.41) is 53.0. The van der Waals surface area contributed by atoms with E-state index in [4.69, 9.17) is 30.6 Å². The van der Waals surface area contributed by atoms with E-state index in [9.17, 15) is 4.79 Å². The molecule has 0 aromatic carbocycles. The molecule has 0 aromatic rings. The minimum absolute atomic E-state index is 1.15. The van der Waals surface area contributed by atoms with Crippen LogP contribution in [0.4, 0.5) is 0 Å². The predicted molar refractivity (Wildman–Crippen MR) is 43.3 cm³/mol. The first-order valence-corrected chi connectivity index (χ1v) is 3.92. The zero-order valence-electron chi connectivity index (χ0n) is 7.48. The molecule has 5 atom stereocenters. The lowest BCUT2D eigenvalue weighted by Gasteiger charge is -2.25. The summed E-state index contributed by atoms with van der Waals surface area (Å²) in [4.78, 5) is 10.2. The number of hydrogen-bond donors (Lipinski definition) is 6. The van der Waals surface area contributed by atoms with Crippen molar-refractivity contribution in [2.24, 2.45) is 0 Å². The second-order valence-electron chi connectivity index (χ2n) is 3.00. The topological polar surface area (TPSA) is 138 Å². The van der Waals surface area contributed by atoms with Crippen LogP contribution in [0.15, 0.2) is 0 Å². The highest BCUT2D eigenvalue weighted by Crippen LogP contribution is 2.08. The quantitative estimate of drug-likeness (QED) is 0.282. The van der Waals surface area contributed by atoms with Crippen molar-refractivity contribution >= 4 is 5.97 Å². The Morgan fingerprint density at radius 1 is 0.929 bits per heavy atom. The van der Waals surface area contributed by atoms with Gasteiger partial charge in [-0.05, 0) is 6.92 Å². The van der Waals surface area contributed by atoms with Gasteiger partial charge >= 0.3 is 5.97 Å². The smallest absolute Gasteiger partial charge is 0.335 e. The normalized spacial score (nSPS) is 22.1. The van der Waals surface area contributed by atoms with Crippen LogP contribution in [0.2, 0.25) is 0 Å². The maximum Gasteiger partial charge on any atom is 0.335 e. The molecule has 0 amide bonds. The van der Waals surface area contributed by atoms with Crippen LogP contribution in [-0.4, -0.2) is 67.1 Å². The first-order chi connectivity index (χ1) is 6.29. The molecule has 0 radical (unpaired) electrons. The van der Waals surface area contributed by atoms with Crippen LogP contribution in [0.25, 0.3) is 0 Å². The zero-order chi connectivity index (χ0) is 11.5. The molecule has 0 unspecified atom stereocenters. The average molecular weight is 210 g/mol. The molecule has 0 spiro atoms. The second-order valence-corrected chi connectivity index (χ2v) is 3.00. The number of carboxylic acid groups (broad SMARTS) is 1. The molecule has 0 aliphatic rings. The van der Waals surface area contributed by atoms with E-state index in [1.54, 1.807) is 0 Å². The summed E-state index contributed by atoms with van der Waals surface area (Å²) in [6.07, 6.45) is -9.27. The fourth-order valence-electron chi connectivity index (χ4n) is 0.820. The van der Waals surface area contributed by atoms with Gasteiger partial charge in [0.1, 0.15) is 18.3 Å². The third-order valence-electron chi connectivity index (χ3n) is 1.77. The van der Waals surface area contributed by atoms with Gasteiger partial charge in [-0.25, -0.2) is 4.79 Å². The van der Waals surface area contributed by atoms with Gasteiger partial charge in [-0.15, -0.1) is 0 Å². The van der Waals surface area contributed by atoms with Gasteiger partial charge in [-0.1, -0.05) is 0 Å². The summed E-state index contributed by atoms with van der Waals surface area (Å²) in [7, 11) is 0. The fourth-order valence-corrected chi connectivity index (χ4v) is 0.820. The van der Waals surface area contributed by atoms with Gasteiger partial charge in [0.25, 0.3) is 0 Å². The van der Waals surface area contributed by atoms with Gasteiger partial charge < -0.3 is 30.6 Å². The van der Waals surface area contributed by atoms with Crippen molar-refractivity contribution in [3.05, 3.63) is 0 Å². The van der Waals surface area contributed by atoms with E-state index in [1.165, 1.54) is 0 Å². The van der Waals surface area contributed by atoms with Crippen LogP contribution >= 0.6 is 0 Å². The summed E-state index contributed by atoms with van der Waals surface area (Å²) >= 11 is 0. The van der Waals surface area contributed by atoms with E-state index in [-0.39, 0.29) is 0 Å². The van der Waals surface area contributed by atoms with Crippen molar-refractivity contribution < 1.29 is 35.4 Å². The molecule has 0 rings (SSSR count). The van der Waals surface area contributed by atoms with E-state index in [0.717, 1.165) is 6.92 Å². The molecule has 0 heterocycles. The van der Waals surface area contributed by atoms with Gasteiger partial charge in [0.05, 0.1) is 6.10 Å². The lowest BCUT2D eigenvalue weighted by Crippen LogP contribution is -2.50. The number of aliphatic hydroxyl groups excluding tert-OH is 5. The first-order valence-electron chi connectivity index (χ1n) is 3.92. The van der Waals surface area contributed by atoms with E-state index < -0.39 is 36.5 Å². The molecule has 0 bridgehead atoms. The Morgan fingerprint density at radius 3 is 1.64 bits per heavy atom. The van der Waals surface area contributed by atoms with Gasteiger partial charge in [0.15, 0.2) is 6.10 Å². The monoisotopic (exact) mass is 210 g/mol. The lowest BCUT2D eigenvalue weighted by atomic mass is 10.00. The van der Waals surface area contributed by atoms with Crippen LogP contribution < -0.4 is 0 Å². The number of carbonyl (C=O) groups is 1. The predicted octanol–water partition coefficient (Wildman–Crippen LogP) is -3.10. The Kier molecular flexibility index (Phi) is 4.95. The minimum Gasteiger partial charge on any atom is -0.479 e. The standard InChI is InChI=1S/C7H14O7/c1-2(8)3(9)4(10)5(11)6(12)7(13)14/h2-6,8-12H,1H3,(H,13,14)/t2-,3+,4+,5-,6+/m0/s1. The van der Waals surface area contributed by atoms with E-state index in [1.807, 2.05) is 0 Å². The number of carboxylic acids is 1. The number of hydrogen-bond acceptors (Lipinski definition) is 6. The van der Waals surface area contributed by atoms with Gasteiger partial charge in [-0.3, -0.25) is 0 Å². The van der Waals surface area contributed by atoms with Crippen molar-refractivity contribution in [1.29, 1.82) is 0 Å². The number of aliphatic hydroxyl groups is 5. The molecular weight excluding hydrogens is 196 g/mol. The van der Waals surface area contributed by atoms with Gasteiger partial charge in [0.2, 0.25) is 0 Å². The molecule has 0 saturated carbocycles. The molecule has 0 aliphatic carbocycles.